The molecule has 29 heavy (non-hydrogen) atoms. The van der Waals surface area contributed by atoms with Crippen LogP contribution in [0.15, 0.2) is 29.7 Å². The summed E-state index contributed by atoms with van der Waals surface area (Å²) in [5.74, 6) is 1.32. The number of aliphatic hydroxyl groups excluding tert-OH is 1. The molecule has 1 aliphatic rings. The number of carbonyl (C=O) groups excluding carboxylic acids is 1. The Morgan fingerprint density at radius 1 is 1.10 bits per heavy atom. The van der Waals surface area contributed by atoms with Crippen LogP contribution in [0.4, 0.5) is 0 Å². The molecule has 2 aromatic rings. The van der Waals surface area contributed by atoms with Crippen LogP contribution in [0, 0.1) is 5.92 Å². The van der Waals surface area contributed by atoms with Gasteiger partial charge in [0.2, 0.25) is 0 Å². The Balaban J connectivity index is 1.42. The summed E-state index contributed by atoms with van der Waals surface area (Å²) in [7, 11) is 0. The van der Waals surface area contributed by atoms with Gasteiger partial charge in [-0.1, -0.05) is 6.92 Å². The molecule has 1 aliphatic heterocycles. The summed E-state index contributed by atoms with van der Waals surface area (Å²) in [6, 6.07) is 0. The molecule has 1 N–H and O–H groups in total. The van der Waals surface area contributed by atoms with Gasteiger partial charge in [0, 0.05) is 43.0 Å². The van der Waals surface area contributed by atoms with Gasteiger partial charge in [0.1, 0.15) is 11.5 Å². The number of aryl methyl sites for hydroxylation is 2. The van der Waals surface area contributed by atoms with Crippen LogP contribution in [0.2, 0.25) is 0 Å². The van der Waals surface area contributed by atoms with Gasteiger partial charge in [-0.25, -0.2) is 15.0 Å². The van der Waals surface area contributed by atoms with Crippen LogP contribution < -0.4 is 0 Å². The van der Waals surface area contributed by atoms with Crippen molar-refractivity contribution < 1.29 is 9.90 Å². The van der Waals surface area contributed by atoms with Gasteiger partial charge in [-0.05, 0) is 44.3 Å². The minimum Gasteiger partial charge on any atom is -0.393 e. The van der Waals surface area contributed by atoms with Crippen molar-refractivity contribution in [3.63, 3.8) is 0 Å². The topological polar surface area (TPSA) is 92.1 Å². The molecule has 1 amide bonds. The molecule has 0 aliphatic carbocycles. The molecular weight excluding hydrogens is 386 g/mol. The van der Waals surface area contributed by atoms with Crippen molar-refractivity contribution in [1.29, 1.82) is 0 Å². The van der Waals surface area contributed by atoms with Crippen molar-refractivity contribution in [2.75, 3.05) is 19.3 Å². The van der Waals surface area contributed by atoms with E-state index in [-0.39, 0.29) is 12.0 Å². The summed E-state index contributed by atoms with van der Waals surface area (Å²) in [5.41, 5.74) is 1.28. The highest BCUT2D eigenvalue weighted by Crippen LogP contribution is 2.16. The quantitative estimate of drug-likeness (QED) is 0.663. The van der Waals surface area contributed by atoms with E-state index in [9.17, 15) is 9.90 Å². The summed E-state index contributed by atoms with van der Waals surface area (Å²) in [6.45, 7) is 3.38. The third-order valence-electron chi connectivity index (χ3n) is 5.35. The van der Waals surface area contributed by atoms with Crippen LogP contribution in [-0.4, -0.2) is 61.3 Å². The first kappa shape index (κ1) is 21.6. The smallest absolute Gasteiger partial charge is 0.274 e. The predicted octanol–water partition coefficient (Wildman–Crippen LogP) is 2.79. The molecule has 0 radical (unpaired) electrons. The van der Waals surface area contributed by atoms with Gasteiger partial charge in [-0.3, -0.25) is 9.78 Å². The fraction of sp³-hybridized carbons (Fsp3) is 0.571. The van der Waals surface area contributed by atoms with Crippen LogP contribution in [-0.2, 0) is 12.8 Å². The van der Waals surface area contributed by atoms with Crippen molar-refractivity contribution in [1.82, 2.24) is 24.8 Å². The van der Waals surface area contributed by atoms with E-state index in [0.29, 0.717) is 37.5 Å². The maximum Gasteiger partial charge on any atom is 0.274 e. The fourth-order valence-corrected chi connectivity index (χ4v) is 3.63. The highest BCUT2D eigenvalue weighted by molar-refractivity contribution is 7.98. The van der Waals surface area contributed by atoms with Gasteiger partial charge in [-0.15, -0.1) is 11.8 Å². The highest BCUT2D eigenvalue weighted by Gasteiger charge is 2.23. The molecule has 1 atom stereocenters. The SMILES string of the molecule is CSc1cnc(CCC(C)CCc2cnc(C(=O)N3CCC(O)CC3)cn2)nc1. The van der Waals surface area contributed by atoms with Gasteiger partial charge in [0.15, 0.2) is 0 Å². The lowest BCUT2D eigenvalue weighted by atomic mass is 9.98. The fourth-order valence-electron chi connectivity index (χ4n) is 3.32. The van der Waals surface area contributed by atoms with E-state index in [1.807, 2.05) is 18.6 Å². The summed E-state index contributed by atoms with van der Waals surface area (Å²) >= 11 is 1.65. The molecule has 1 saturated heterocycles. The Labute approximate surface area is 176 Å². The second-order valence-electron chi connectivity index (χ2n) is 7.64. The predicted molar refractivity (Wildman–Crippen MR) is 113 cm³/mol. The summed E-state index contributed by atoms with van der Waals surface area (Å²) in [6.07, 6.45) is 13.8. The van der Waals surface area contributed by atoms with Crippen molar-refractivity contribution in [2.45, 2.75) is 56.4 Å². The number of thioether (sulfide) groups is 1. The zero-order valence-corrected chi connectivity index (χ0v) is 17.9. The van der Waals surface area contributed by atoms with E-state index in [4.69, 9.17) is 0 Å². The number of carbonyl (C=O) groups is 1. The van der Waals surface area contributed by atoms with Gasteiger partial charge in [0.05, 0.1) is 18.0 Å². The Kier molecular flexibility index (Phi) is 7.94. The number of piperidine rings is 1. The molecule has 0 aromatic carbocycles. The third-order valence-corrected chi connectivity index (χ3v) is 6.03. The average molecular weight is 416 g/mol. The first-order chi connectivity index (χ1) is 14.0. The molecular formula is C21H29N5O2S. The van der Waals surface area contributed by atoms with E-state index >= 15 is 0 Å². The van der Waals surface area contributed by atoms with E-state index < -0.39 is 0 Å². The second-order valence-corrected chi connectivity index (χ2v) is 8.52. The third kappa shape index (κ3) is 6.47. The van der Waals surface area contributed by atoms with Gasteiger partial charge >= 0.3 is 0 Å². The number of aromatic nitrogens is 4. The molecule has 0 saturated carbocycles. The summed E-state index contributed by atoms with van der Waals surface area (Å²) < 4.78 is 0. The zero-order valence-electron chi connectivity index (χ0n) is 17.1. The minimum atomic E-state index is -0.296. The second kappa shape index (κ2) is 10.6. The van der Waals surface area contributed by atoms with E-state index in [1.165, 1.54) is 0 Å². The monoisotopic (exact) mass is 415 g/mol. The lowest BCUT2D eigenvalue weighted by Gasteiger charge is -2.29. The van der Waals surface area contributed by atoms with Crippen molar-refractivity contribution in [3.05, 3.63) is 42.0 Å². The molecule has 3 rings (SSSR count). The number of amides is 1. The zero-order chi connectivity index (χ0) is 20.6. The van der Waals surface area contributed by atoms with Crippen LogP contribution in [0.3, 0.4) is 0 Å². The number of nitrogens with zero attached hydrogens (tertiary/aromatic N) is 5. The molecule has 2 aromatic heterocycles. The maximum atomic E-state index is 12.5. The molecule has 1 fully saturated rings. The van der Waals surface area contributed by atoms with Gasteiger partial charge in [0.25, 0.3) is 5.91 Å². The number of hydrogen-bond donors (Lipinski definition) is 1. The first-order valence-corrected chi connectivity index (χ1v) is 11.4. The number of aliphatic hydroxyl groups is 1. The van der Waals surface area contributed by atoms with E-state index in [0.717, 1.165) is 42.1 Å². The van der Waals surface area contributed by atoms with E-state index in [2.05, 4.69) is 26.9 Å². The standard InChI is InChI=1S/C21H29N5O2S/c1-15(4-6-20-24-12-18(29-2)13-25-20)3-5-16-11-23-19(14-22-16)21(28)26-9-7-17(27)8-10-26/h11-15,17,27H,3-10H2,1-2H3. The molecule has 3 heterocycles. The van der Waals surface area contributed by atoms with Crippen LogP contribution in [0.5, 0.6) is 0 Å². The first-order valence-electron chi connectivity index (χ1n) is 10.2. The summed E-state index contributed by atoms with van der Waals surface area (Å²) in [4.78, 5) is 32.9. The van der Waals surface area contributed by atoms with Crippen LogP contribution >= 0.6 is 11.8 Å². The normalized spacial score (nSPS) is 16.0. The molecule has 7 nitrogen and oxygen atoms in total. The molecule has 0 spiro atoms. The van der Waals surface area contributed by atoms with Crippen molar-refractivity contribution in [2.24, 2.45) is 5.92 Å². The van der Waals surface area contributed by atoms with Crippen molar-refractivity contribution in [3.8, 4) is 0 Å². The largest absolute Gasteiger partial charge is 0.393 e. The number of rotatable bonds is 8. The lowest BCUT2D eigenvalue weighted by molar-refractivity contribution is 0.0541. The van der Waals surface area contributed by atoms with Crippen LogP contribution in [0.1, 0.15) is 54.6 Å². The Morgan fingerprint density at radius 3 is 2.41 bits per heavy atom. The average Bonchev–Trinajstić information content (AvgIpc) is 2.77. The summed E-state index contributed by atoms with van der Waals surface area (Å²) in [5, 5.41) is 9.57. The lowest BCUT2D eigenvalue weighted by Crippen LogP contribution is -2.40. The minimum absolute atomic E-state index is 0.100. The van der Waals surface area contributed by atoms with Crippen LogP contribution in [0.25, 0.3) is 0 Å². The van der Waals surface area contributed by atoms with Gasteiger partial charge < -0.3 is 10.0 Å². The Hall–Kier alpha value is -2.06. The molecule has 156 valence electrons. The molecule has 0 bridgehead atoms. The highest BCUT2D eigenvalue weighted by atomic mass is 32.2. The van der Waals surface area contributed by atoms with Gasteiger partial charge in [-0.2, -0.15) is 0 Å². The molecule has 1 unspecified atom stereocenters. The Morgan fingerprint density at radius 2 is 1.79 bits per heavy atom. The number of likely N-dealkylation sites (tertiary alicyclic amines) is 1. The van der Waals surface area contributed by atoms with Crippen molar-refractivity contribution >= 4 is 17.7 Å². The molecule has 8 heteroatoms. The maximum absolute atomic E-state index is 12.5. The van der Waals surface area contributed by atoms with E-state index in [1.54, 1.807) is 29.1 Å². The Bertz CT molecular complexity index is 777. The number of hydrogen-bond acceptors (Lipinski definition) is 7.